The third-order valence-electron chi connectivity index (χ3n) is 7.42. The Morgan fingerprint density at radius 3 is 2.47 bits per heavy atom. The van der Waals surface area contributed by atoms with E-state index in [1.165, 1.54) is 21.0 Å². The summed E-state index contributed by atoms with van der Waals surface area (Å²) >= 11 is 0. The number of aliphatic hydroxyl groups is 1. The van der Waals surface area contributed by atoms with Crippen LogP contribution in [-0.4, -0.2) is 46.0 Å². The van der Waals surface area contributed by atoms with E-state index in [0.29, 0.717) is 53.7 Å². The highest BCUT2D eigenvalue weighted by atomic mass is 19.4. The number of imidazole rings is 1. The smallest absolute Gasteiger partial charge is 0.394 e. The van der Waals surface area contributed by atoms with Gasteiger partial charge in [0.2, 0.25) is 0 Å². The van der Waals surface area contributed by atoms with E-state index < -0.39 is 17.2 Å². The van der Waals surface area contributed by atoms with Gasteiger partial charge in [-0.2, -0.15) is 13.2 Å². The maximum absolute atomic E-state index is 13.4. The molecule has 1 aliphatic rings. The molecule has 3 rings (SSSR count). The molecule has 1 aromatic carbocycles. The number of alkyl halides is 3. The number of nitrogens with one attached hydrogen (secondary N) is 1. The largest absolute Gasteiger partial charge is 0.496 e. The van der Waals surface area contributed by atoms with Crippen LogP contribution in [0.4, 0.5) is 13.2 Å². The van der Waals surface area contributed by atoms with Gasteiger partial charge in [-0.1, -0.05) is 33.8 Å². The van der Waals surface area contributed by atoms with Crippen molar-refractivity contribution >= 4 is 5.91 Å². The Morgan fingerprint density at radius 2 is 1.92 bits per heavy atom. The number of aromatic nitrogens is 2. The second-order valence-corrected chi connectivity index (χ2v) is 10.8. The van der Waals surface area contributed by atoms with Gasteiger partial charge in [0, 0.05) is 19.0 Å². The quantitative estimate of drug-likeness (QED) is 0.489. The fraction of sp³-hybridized carbons (Fsp3) is 0.630. The molecule has 1 heterocycles. The lowest BCUT2D eigenvalue weighted by molar-refractivity contribution is -0.211. The number of hydrogen-bond donors (Lipinski definition) is 2. The average molecular weight is 510 g/mol. The number of ether oxygens (including phenoxy) is 1. The van der Waals surface area contributed by atoms with Crippen LogP contribution in [0.1, 0.15) is 80.9 Å². The summed E-state index contributed by atoms with van der Waals surface area (Å²) in [7, 11) is 1.43. The van der Waals surface area contributed by atoms with E-state index in [1.54, 1.807) is 25.1 Å². The number of carbonyl (C=O) groups excluding carboxylic acids is 1. The van der Waals surface area contributed by atoms with Gasteiger partial charge >= 0.3 is 6.18 Å². The molecule has 0 unspecified atom stereocenters. The Bertz CT molecular complexity index is 1080. The third-order valence-corrected chi connectivity index (χ3v) is 7.42. The number of aryl methyl sites for hydroxylation is 1. The minimum absolute atomic E-state index is 0.170. The van der Waals surface area contributed by atoms with Gasteiger partial charge in [-0.3, -0.25) is 4.79 Å². The van der Waals surface area contributed by atoms with E-state index in [2.05, 4.69) is 17.2 Å². The minimum atomic E-state index is -4.35. The number of nitrogens with zero attached hydrogens (tertiary/aromatic N) is 2. The minimum Gasteiger partial charge on any atom is -0.496 e. The molecular formula is C27H38F3N3O3. The van der Waals surface area contributed by atoms with Crippen molar-refractivity contribution in [3.8, 4) is 11.4 Å². The first-order chi connectivity index (χ1) is 16.7. The van der Waals surface area contributed by atoms with E-state index in [-0.39, 0.29) is 24.6 Å². The van der Waals surface area contributed by atoms with Crippen LogP contribution in [0.3, 0.4) is 0 Å². The monoisotopic (exact) mass is 509 g/mol. The number of amides is 1. The Hall–Kier alpha value is -2.55. The third kappa shape index (κ3) is 5.88. The molecule has 200 valence electrons. The van der Waals surface area contributed by atoms with E-state index in [0.717, 1.165) is 12.8 Å². The normalized spacial score (nSPS) is 20.9. The fourth-order valence-corrected chi connectivity index (χ4v) is 4.75. The van der Waals surface area contributed by atoms with Gasteiger partial charge in [0.1, 0.15) is 17.3 Å². The molecule has 0 bridgehead atoms. The summed E-state index contributed by atoms with van der Waals surface area (Å²) in [5.41, 5.74) is -0.833. The van der Waals surface area contributed by atoms with Crippen LogP contribution >= 0.6 is 0 Å². The van der Waals surface area contributed by atoms with E-state index in [9.17, 15) is 23.1 Å². The molecule has 1 amide bonds. The predicted molar refractivity (Wildman–Crippen MR) is 133 cm³/mol. The molecule has 1 saturated carbocycles. The van der Waals surface area contributed by atoms with Crippen molar-refractivity contribution in [3.05, 3.63) is 41.0 Å². The highest BCUT2D eigenvalue weighted by Crippen LogP contribution is 2.42. The molecule has 0 spiro atoms. The zero-order chi connectivity index (χ0) is 26.9. The van der Waals surface area contributed by atoms with Gasteiger partial charge < -0.3 is 19.7 Å². The number of halogens is 3. The summed E-state index contributed by atoms with van der Waals surface area (Å²) in [6.07, 6.45) is -0.868. The standard InChI is InChI=1S/C27H38F3N3O3/c1-7-22-32-23(24(34)31-16-26(35)12-10-17(2)11-13-26)18(3)33(22)20-9-8-19(21(14-20)36-6)15-25(4,5)27(28,29)30/h8-9,14,17,35H,7,10-13,15-16H2,1-6H3,(H,31,34). The zero-order valence-corrected chi connectivity index (χ0v) is 22.1. The van der Waals surface area contributed by atoms with Crippen molar-refractivity contribution in [2.75, 3.05) is 13.7 Å². The molecule has 6 nitrogen and oxygen atoms in total. The molecule has 0 atom stereocenters. The van der Waals surface area contributed by atoms with Gasteiger partial charge in [0.25, 0.3) is 5.91 Å². The van der Waals surface area contributed by atoms with Crippen molar-refractivity contribution in [3.63, 3.8) is 0 Å². The van der Waals surface area contributed by atoms with Gasteiger partial charge in [0.15, 0.2) is 0 Å². The second-order valence-electron chi connectivity index (χ2n) is 10.8. The first-order valence-electron chi connectivity index (χ1n) is 12.5. The van der Waals surface area contributed by atoms with Crippen LogP contribution in [0, 0.1) is 18.3 Å². The Labute approximate surface area is 211 Å². The maximum Gasteiger partial charge on any atom is 0.394 e. The van der Waals surface area contributed by atoms with Crippen molar-refractivity contribution in [1.29, 1.82) is 0 Å². The number of methoxy groups -OCH3 is 1. The zero-order valence-electron chi connectivity index (χ0n) is 22.1. The maximum atomic E-state index is 13.4. The van der Waals surface area contributed by atoms with Crippen molar-refractivity contribution in [2.24, 2.45) is 11.3 Å². The number of carbonyl (C=O) groups is 1. The van der Waals surface area contributed by atoms with Gasteiger partial charge in [-0.15, -0.1) is 0 Å². The lowest BCUT2D eigenvalue weighted by Crippen LogP contribution is -2.45. The molecule has 1 aromatic heterocycles. The number of rotatable bonds is 8. The second kappa shape index (κ2) is 10.4. The summed E-state index contributed by atoms with van der Waals surface area (Å²) in [5.74, 6) is 1.21. The fourth-order valence-electron chi connectivity index (χ4n) is 4.75. The molecule has 0 aliphatic heterocycles. The molecular weight excluding hydrogens is 471 g/mol. The SMILES string of the molecule is CCc1nc(C(=O)NCC2(O)CCC(C)CC2)c(C)n1-c1ccc(CC(C)(C)C(F)(F)F)c(OC)c1. The highest BCUT2D eigenvalue weighted by Gasteiger charge is 2.47. The van der Waals surface area contributed by atoms with Crippen molar-refractivity contribution in [2.45, 2.75) is 84.9 Å². The summed E-state index contributed by atoms with van der Waals surface area (Å²) in [5, 5.41) is 13.7. The van der Waals surface area contributed by atoms with Crippen LogP contribution in [-0.2, 0) is 12.8 Å². The van der Waals surface area contributed by atoms with Crippen LogP contribution < -0.4 is 10.1 Å². The molecule has 1 fully saturated rings. The first-order valence-corrected chi connectivity index (χ1v) is 12.5. The Balaban J connectivity index is 1.86. The molecule has 2 aromatic rings. The van der Waals surface area contributed by atoms with Gasteiger partial charge in [-0.05, 0) is 56.6 Å². The lowest BCUT2D eigenvalue weighted by atomic mass is 9.79. The van der Waals surface area contributed by atoms with Crippen LogP contribution in [0.15, 0.2) is 18.2 Å². The molecule has 0 radical (unpaired) electrons. The summed E-state index contributed by atoms with van der Waals surface area (Å²) in [6, 6.07) is 5.05. The lowest BCUT2D eigenvalue weighted by Gasteiger charge is -2.34. The van der Waals surface area contributed by atoms with E-state index in [4.69, 9.17) is 4.74 Å². The van der Waals surface area contributed by atoms with Gasteiger partial charge in [-0.25, -0.2) is 4.98 Å². The summed E-state index contributed by atoms with van der Waals surface area (Å²) in [4.78, 5) is 17.6. The number of hydrogen-bond acceptors (Lipinski definition) is 4. The van der Waals surface area contributed by atoms with Crippen molar-refractivity contribution < 1.29 is 27.8 Å². The first kappa shape index (κ1) is 28.0. The Morgan fingerprint density at radius 1 is 1.28 bits per heavy atom. The summed E-state index contributed by atoms with van der Waals surface area (Å²) in [6.45, 7) is 8.38. The highest BCUT2D eigenvalue weighted by molar-refractivity contribution is 5.93. The molecule has 9 heteroatoms. The molecule has 2 N–H and O–H groups in total. The van der Waals surface area contributed by atoms with E-state index in [1.807, 2.05) is 11.5 Å². The van der Waals surface area contributed by atoms with Crippen LogP contribution in [0.25, 0.3) is 5.69 Å². The van der Waals surface area contributed by atoms with E-state index >= 15 is 0 Å². The molecule has 0 saturated heterocycles. The number of benzene rings is 1. The molecule has 1 aliphatic carbocycles. The average Bonchev–Trinajstić information content (AvgIpc) is 3.15. The molecule has 36 heavy (non-hydrogen) atoms. The predicted octanol–water partition coefficient (Wildman–Crippen LogP) is 5.55. The van der Waals surface area contributed by atoms with Crippen molar-refractivity contribution in [1.82, 2.24) is 14.9 Å². The topological polar surface area (TPSA) is 76.4 Å². The van der Waals surface area contributed by atoms with Crippen LogP contribution in [0.2, 0.25) is 0 Å². The summed E-state index contributed by atoms with van der Waals surface area (Å²) < 4.78 is 47.6. The van der Waals surface area contributed by atoms with Gasteiger partial charge in [0.05, 0.1) is 29.5 Å². The van der Waals surface area contributed by atoms with Crippen LogP contribution in [0.5, 0.6) is 5.75 Å². The Kier molecular flexibility index (Phi) is 8.13.